The SMILES string of the molecule is Cc1cc(C(O)C(CN)c2ccc(F)cc2F)co1. The lowest BCUT2D eigenvalue weighted by molar-refractivity contribution is 0.145. The number of halogens is 2. The number of rotatable bonds is 4. The lowest BCUT2D eigenvalue weighted by Gasteiger charge is -2.21. The predicted molar refractivity (Wildman–Crippen MR) is 66.6 cm³/mol. The minimum atomic E-state index is -0.998. The first-order chi connectivity index (χ1) is 9.02. The van der Waals surface area contributed by atoms with Crippen LogP contribution in [0.3, 0.4) is 0 Å². The quantitative estimate of drug-likeness (QED) is 0.895. The lowest BCUT2D eigenvalue weighted by Crippen LogP contribution is -2.21. The second-order valence-corrected chi connectivity index (χ2v) is 4.44. The van der Waals surface area contributed by atoms with Gasteiger partial charge in [-0.05, 0) is 24.6 Å². The molecule has 19 heavy (non-hydrogen) atoms. The summed E-state index contributed by atoms with van der Waals surface area (Å²) >= 11 is 0. The van der Waals surface area contributed by atoms with Crippen molar-refractivity contribution in [2.24, 2.45) is 5.73 Å². The normalized spacial score (nSPS) is 14.4. The van der Waals surface area contributed by atoms with Crippen LogP contribution in [0.15, 0.2) is 34.9 Å². The summed E-state index contributed by atoms with van der Waals surface area (Å²) in [5, 5.41) is 10.2. The number of aryl methyl sites for hydroxylation is 1. The van der Waals surface area contributed by atoms with E-state index in [9.17, 15) is 13.9 Å². The number of hydrogen-bond donors (Lipinski definition) is 2. The van der Waals surface area contributed by atoms with Crippen molar-refractivity contribution >= 4 is 0 Å². The van der Waals surface area contributed by atoms with Gasteiger partial charge in [0.15, 0.2) is 0 Å². The number of aliphatic hydroxyl groups is 1. The number of nitrogens with two attached hydrogens (primary N) is 1. The molecule has 1 aromatic heterocycles. The van der Waals surface area contributed by atoms with E-state index in [-0.39, 0.29) is 12.1 Å². The highest BCUT2D eigenvalue weighted by Crippen LogP contribution is 2.32. The Morgan fingerprint density at radius 3 is 2.58 bits per heavy atom. The zero-order valence-corrected chi connectivity index (χ0v) is 10.4. The maximum Gasteiger partial charge on any atom is 0.129 e. The first kappa shape index (κ1) is 13.7. The standard InChI is InChI=1S/C14H15F2NO2/c1-8-4-9(7-19-8)14(18)12(6-17)11-3-2-10(15)5-13(11)16/h2-5,7,12,14,18H,6,17H2,1H3. The van der Waals surface area contributed by atoms with Gasteiger partial charge in [0.25, 0.3) is 0 Å². The van der Waals surface area contributed by atoms with Crippen LogP contribution in [0.5, 0.6) is 0 Å². The van der Waals surface area contributed by atoms with Crippen LogP contribution in [-0.4, -0.2) is 11.7 Å². The Labute approximate surface area is 109 Å². The van der Waals surface area contributed by atoms with Crippen molar-refractivity contribution in [3.63, 3.8) is 0 Å². The fraction of sp³-hybridized carbons (Fsp3) is 0.286. The van der Waals surface area contributed by atoms with Crippen molar-refractivity contribution in [3.05, 3.63) is 59.1 Å². The van der Waals surface area contributed by atoms with E-state index >= 15 is 0 Å². The molecule has 0 bridgehead atoms. The smallest absolute Gasteiger partial charge is 0.129 e. The molecule has 2 aromatic rings. The van der Waals surface area contributed by atoms with Crippen molar-refractivity contribution in [1.82, 2.24) is 0 Å². The van der Waals surface area contributed by atoms with Gasteiger partial charge in [0, 0.05) is 24.1 Å². The van der Waals surface area contributed by atoms with Crippen molar-refractivity contribution in [1.29, 1.82) is 0 Å². The first-order valence-electron chi connectivity index (χ1n) is 5.91. The highest BCUT2D eigenvalue weighted by atomic mass is 19.1. The van der Waals surface area contributed by atoms with E-state index < -0.39 is 23.7 Å². The maximum absolute atomic E-state index is 13.7. The summed E-state index contributed by atoms with van der Waals surface area (Å²) in [7, 11) is 0. The van der Waals surface area contributed by atoms with E-state index in [0.29, 0.717) is 11.3 Å². The van der Waals surface area contributed by atoms with Gasteiger partial charge in [-0.2, -0.15) is 0 Å². The molecule has 102 valence electrons. The van der Waals surface area contributed by atoms with Crippen LogP contribution in [0.4, 0.5) is 8.78 Å². The highest BCUT2D eigenvalue weighted by molar-refractivity contribution is 5.28. The van der Waals surface area contributed by atoms with E-state index in [1.165, 1.54) is 12.3 Å². The topological polar surface area (TPSA) is 59.4 Å². The molecule has 2 unspecified atom stereocenters. The summed E-state index contributed by atoms with van der Waals surface area (Å²) in [6.45, 7) is 1.78. The Morgan fingerprint density at radius 2 is 2.05 bits per heavy atom. The molecule has 0 amide bonds. The Kier molecular flexibility index (Phi) is 3.97. The molecule has 2 atom stereocenters. The summed E-state index contributed by atoms with van der Waals surface area (Å²) in [5.41, 5.74) is 6.32. The average molecular weight is 267 g/mol. The molecule has 1 heterocycles. The van der Waals surface area contributed by atoms with Crippen LogP contribution in [0, 0.1) is 18.6 Å². The van der Waals surface area contributed by atoms with Gasteiger partial charge in [0.05, 0.1) is 12.4 Å². The summed E-state index contributed by atoms with van der Waals surface area (Å²) in [6.07, 6.45) is 0.409. The summed E-state index contributed by atoms with van der Waals surface area (Å²) in [4.78, 5) is 0. The number of benzene rings is 1. The maximum atomic E-state index is 13.7. The van der Waals surface area contributed by atoms with E-state index in [4.69, 9.17) is 10.2 Å². The zero-order chi connectivity index (χ0) is 14.0. The third kappa shape index (κ3) is 2.83. The van der Waals surface area contributed by atoms with E-state index in [1.54, 1.807) is 13.0 Å². The highest BCUT2D eigenvalue weighted by Gasteiger charge is 2.25. The number of furan rings is 1. The summed E-state index contributed by atoms with van der Waals surface area (Å²) in [6, 6.07) is 4.90. The molecule has 3 N–H and O–H groups in total. The molecule has 2 rings (SSSR count). The van der Waals surface area contributed by atoms with Crippen molar-refractivity contribution in [3.8, 4) is 0 Å². The molecule has 0 saturated heterocycles. The molecule has 0 radical (unpaired) electrons. The minimum Gasteiger partial charge on any atom is -0.469 e. The molecule has 0 aliphatic heterocycles. The first-order valence-corrected chi connectivity index (χ1v) is 5.91. The fourth-order valence-corrected chi connectivity index (χ4v) is 2.08. The van der Waals surface area contributed by atoms with Crippen molar-refractivity contribution in [2.45, 2.75) is 18.9 Å². The van der Waals surface area contributed by atoms with Crippen LogP contribution in [0.1, 0.15) is 28.9 Å². The largest absolute Gasteiger partial charge is 0.469 e. The Hall–Kier alpha value is -1.72. The van der Waals surface area contributed by atoms with Gasteiger partial charge in [-0.3, -0.25) is 0 Å². The second-order valence-electron chi connectivity index (χ2n) is 4.44. The molecule has 0 spiro atoms. The zero-order valence-electron chi connectivity index (χ0n) is 10.4. The van der Waals surface area contributed by atoms with E-state index in [1.807, 2.05) is 0 Å². The molecule has 5 heteroatoms. The monoisotopic (exact) mass is 267 g/mol. The van der Waals surface area contributed by atoms with Gasteiger partial charge in [-0.1, -0.05) is 6.07 Å². The van der Waals surface area contributed by atoms with E-state index in [2.05, 4.69) is 0 Å². The molecule has 0 aliphatic carbocycles. The Bertz CT molecular complexity index is 568. The van der Waals surface area contributed by atoms with Crippen LogP contribution in [0.2, 0.25) is 0 Å². The van der Waals surface area contributed by atoms with E-state index in [0.717, 1.165) is 12.1 Å². The van der Waals surface area contributed by atoms with Gasteiger partial charge in [0.1, 0.15) is 17.4 Å². The lowest BCUT2D eigenvalue weighted by atomic mass is 9.90. The molecular weight excluding hydrogens is 252 g/mol. The van der Waals surface area contributed by atoms with Crippen LogP contribution in [0.25, 0.3) is 0 Å². The third-order valence-electron chi connectivity index (χ3n) is 3.09. The summed E-state index contributed by atoms with van der Waals surface area (Å²) in [5.74, 6) is -1.39. The van der Waals surface area contributed by atoms with Gasteiger partial charge in [-0.15, -0.1) is 0 Å². The molecule has 0 aliphatic rings. The molecule has 0 saturated carbocycles. The Balaban J connectivity index is 2.33. The fourth-order valence-electron chi connectivity index (χ4n) is 2.08. The Morgan fingerprint density at radius 1 is 1.32 bits per heavy atom. The molecule has 0 fully saturated rings. The number of hydrogen-bond acceptors (Lipinski definition) is 3. The molecule has 3 nitrogen and oxygen atoms in total. The third-order valence-corrected chi connectivity index (χ3v) is 3.09. The van der Waals surface area contributed by atoms with Crippen LogP contribution >= 0.6 is 0 Å². The summed E-state index contributed by atoms with van der Waals surface area (Å²) < 4.78 is 31.7. The second kappa shape index (κ2) is 5.50. The minimum absolute atomic E-state index is 0.0357. The van der Waals surface area contributed by atoms with Gasteiger partial charge < -0.3 is 15.3 Å². The van der Waals surface area contributed by atoms with Crippen molar-refractivity contribution in [2.75, 3.05) is 6.54 Å². The average Bonchev–Trinajstić information content (AvgIpc) is 2.79. The van der Waals surface area contributed by atoms with Gasteiger partial charge in [0.2, 0.25) is 0 Å². The van der Waals surface area contributed by atoms with Crippen molar-refractivity contribution < 1.29 is 18.3 Å². The molecular formula is C14H15F2NO2. The van der Waals surface area contributed by atoms with Crippen LogP contribution < -0.4 is 5.73 Å². The predicted octanol–water partition coefficient (Wildman–Crippen LogP) is 2.64. The van der Waals surface area contributed by atoms with Gasteiger partial charge in [-0.25, -0.2) is 8.78 Å². The van der Waals surface area contributed by atoms with Gasteiger partial charge >= 0.3 is 0 Å². The molecule has 1 aromatic carbocycles. The number of aliphatic hydroxyl groups excluding tert-OH is 1. The van der Waals surface area contributed by atoms with Crippen LogP contribution in [-0.2, 0) is 0 Å².